The summed E-state index contributed by atoms with van der Waals surface area (Å²) in [6.45, 7) is 1.50. The van der Waals surface area contributed by atoms with Crippen molar-refractivity contribution in [2.75, 3.05) is 25.6 Å². The zero-order chi connectivity index (χ0) is 15.9. The fourth-order valence-corrected chi connectivity index (χ4v) is 2.92. The third kappa shape index (κ3) is 3.91. The average molecular weight is 326 g/mol. The second-order valence-corrected chi connectivity index (χ2v) is 5.87. The summed E-state index contributed by atoms with van der Waals surface area (Å²) in [6, 6.07) is 9.93. The minimum atomic E-state index is 0.629. The van der Waals surface area contributed by atoms with Crippen LogP contribution in [0.4, 0.5) is 5.95 Å². The molecule has 1 N–H and O–H groups in total. The van der Waals surface area contributed by atoms with Crippen LogP contribution >= 0.6 is 11.3 Å². The van der Waals surface area contributed by atoms with Crippen molar-refractivity contribution in [3.63, 3.8) is 0 Å². The first-order valence-electron chi connectivity index (χ1n) is 7.43. The first-order valence-corrected chi connectivity index (χ1v) is 8.31. The van der Waals surface area contributed by atoms with Gasteiger partial charge in [0.05, 0.1) is 16.3 Å². The lowest BCUT2D eigenvalue weighted by Crippen LogP contribution is -2.08. The molecule has 6 heteroatoms. The molecule has 0 amide bonds. The highest BCUT2D eigenvalue weighted by molar-refractivity contribution is 7.13. The normalized spacial score (nSPS) is 10.7. The minimum absolute atomic E-state index is 0.629. The van der Waals surface area contributed by atoms with Crippen molar-refractivity contribution < 1.29 is 4.74 Å². The van der Waals surface area contributed by atoms with Crippen LogP contribution < -0.4 is 5.32 Å². The van der Waals surface area contributed by atoms with E-state index in [9.17, 15) is 0 Å². The molecular weight excluding hydrogens is 308 g/mol. The Kier molecular flexibility index (Phi) is 5.29. The second-order valence-electron chi connectivity index (χ2n) is 4.92. The van der Waals surface area contributed by atoms with Crippen molar-refractivity contribution >= 4 is 17.3 Å². The van der Waals surface area contributed by atoms with Crippen molar-refractivity contribution in [2.24, 2.45) is 0 Å². The highest BCUT2D eigenvalue weighted by Crippen LogP contribution is 2.32. The molecule has 0 spiro atoms. The summed E-state index contributed by atoms with van der Waals surface area (Å²) in [7, 11) is 1.70. The number of rotatable bonds is 7. The van der Waals surface area contributed by atoms with Crippen LogP contribution in [0.3, 0.4) is 0 Å². The van der Waals surface area contributed by atoms with Crippen molar-refractivity contribution in [1.82, 2.24) is 15.0 Å². The molecule has 5 nitrogen and oxygen atoms in total. The Hall–Kier alpha value is -2.31. The summed E-state index contributed by atoms with van der Waals surface area (Å²) >= 11 is 1.66. The van der Waals surface area contributed by atoms with Gasteiger partial charge in [0.2, 0.25) is 5.95 Å². The Morgan fingerprint density at radius 2 is 2.13 bits per heavy atom. The summed E-state index contributed by atoms with van der Waals surface area (Å²) in [5.41, 5.74) is 2.72. The summed E-state index contributed by atoms with van der Waals surface area (Å²) in [5.74, 6) is 0.629. The van der Waals surface area contributed by atoms with Gasteiger partial charge in [-0.2, -0.15) is 0 Å². The molecule has 0 aliphatic carbocycles. The van der Waals surface area contributed by atoms with E-state index in [0.717, 1.165) is 41.4 Å². The molecule has 23 heavy (non-hydrogen) atoms. The van der Waals surface area contributed by atoms with Gasteiger partial charge in [-0.1, -0.05) is 12.1 Å². The second kappa shape index (κ2) is 7.80. The van der Waals surface area contributed by atoms with Crippen molar-refractivity contribution in [2.45, 2.75) is 6.42 Å². The van der Waals surface area contributed by atoms with Crippen LogP contribution in [0.25, 0.3) is 21.8 Å². The molecule has 0 fully saturated rings. The van der Waals surface area contributed by atoms with Gasteiger partial charge >= 0.3 is 0 Å². The van der Waals surface area contributed by atoms with Gasteiger partial charge in [-0.25, -0.2) is 9.97 Å². The topological polar surface area (TPSA) is 59.9 Å². The highest BCUT2D eigenvalue weighted by Gasteiger charge is 2.13. The summed E-state index contributed by atoms with van der Waals surface area (Å²) < 4.78 is 5.05. The Morgan fingerprint density at radius 1 is 1.17 bits per heavy atom. The molecule has 0 aliphatic rings. The van der Waals surface area contributed by atoms with E-state index in [0.29, 0.717) is 5.95 Å². The maximum atomic E-state index is 5.05. The molecule has 3 aromatic rings. The smallest absolute Gasteiger partial charge is 0.223 e. The molecule has 0 unspecified atom stereocenters. The number of aromatic nitrogens is 3. The zero-order valence-corrected chi connectivity index (χ0v) is 13.7. The lowest BCUT2D eigenvalue weighted by Gasteiger charge is -2.10. The molecule has 0 aliphatic heterocycles. The number of pyridine rings is 1. The Labute approximate surface area is 139 Å². The van der Waals surface area contributed by atoms with Gasteiger partial charge < -0.3 is 10.1 Å². The minimum Gasteiger partial charge on any atom is -0.385 e. The van der Waals surface area contributed by atoms with Gasteiger partial charge in [0.1, 0.15) is 0 Å². The Morgan fingerprint density at radius 3 is 2.87 bits per heavy atom. The van der Waals surface area contributed by atoms with Gasteiger partial charge in [0.25, 0.3) is 0 Å². The number of hydrogen-bond donors (Lipinski definition) is 1. The first-order chi connectivity index (χ1) is 11.4. The van der Waals surface area contributed by atoms with Crippen LogP contribution in [-0.2, 0) is 4.74 Å². The molecule has 3 heterocycles. The summed E-state index contributed by atoms with van der Waals surface area (Å²) in [4.78, 5) is 14.6. The van der Waals surface area contributed by atoms with Gasteiger partial charge in [0.15, 0.2) is 0 Å². The van der Waals surface area contributed by atoms with E-state index >= 15 is 0 Å². The molecule has 0 saturated carbocycles. The quantitative estimate of drug-likeness (QED) is 0.671. The molecule has 118 valence electrons. The average Bonchev–Trinajstić information content (AvgIpc) is 3.14. The van der Waals surface area contributed by atoms with E-state index in [-0.39, 0.29) is 0 Å². The maximum absolute atomic E-state index is 5.05. The molecule has 0 bridgehead atoms. The van der Waals surface area contributed by atoms with Crippen LogP contribution in [0, 0.1) is 0 Å². The van der Waals surface area contributed by atoms with Crippen LogP contribution in [-0.4, -0.2) is 35.2 Å². The fourth-order valence-electron chi connectivity index (χ4n) is 2.19. The van der Waals surface area contributed by atoms with Crippen molar-refractivity contribution in [1.29, 1.82) is 0 Å². The lowest BCUT2D eigenvalue weighted by molar-refractivity contribution is 0.197. The molecule has 0 radical (unpaired) electrons. The predicted octanol–water partition coefficient (Wildman–Crippen LogP) is 3.72. The number of anilines is 1. The molecule has 0 aromatic carbocycles. The van der Waals surface area contributed by atoms with Crippen LogP contribution in [0.1, 0.15) is 6.42 Å². The van der Waals surface area contributed by atoms with E-state index in [4.69, 9.17) is 9.72 Å². The van der Waals surface area contributed by atoms with Gasteiger partial charge in [0, 0.05) is 38.2 Å². The predicted molar refractivity (Wildman–Crippen MR) is 93.6 cm³/mol. The van der Waals surface area contributed by atoms with Crippen LogP contribution in [0.5, 0.6) is 0 Å². The van der Waals surface area contributed by atoms with E-state index in [1.807, 2.05) is 35.8 Å². The molecule has 3 aromatic heterocycles. The van der Waals surface area contributed by atoms with Gasteiger partial charge in [-0.15, -0.1) is 11.3 Å². The molecule has 0 saturated heterocycles. The first kappa shape index (κ1) is 15.6. The molecule has 0 atom stereocenters. The van der Waals surface area contributed by atoms with E-state index in [1.165, 1.54) is 0 Å². The van der Waals surface area contributed by atoms with E-state index < -0.39 is 0 Å². The largest absolute Gasteiger partial charge is 0.385 e. The number of ether oxygens (including phenoxy) is 1. The van der Waals surface area contributed by atoms with Gasteiger partial charge in [-0.05, 0) is 30.0 Å². The molecular formula is C17H18N4OS. The van der Waals surface area contributed by atoms with E-state index in [2.05, 4.69) is 21.4 Å². The summed E-state index contributed by atoms with van der Waals surface area (Å²) in [5, 5.41) is 5.29. The Balaban J connectivity index is 1.91. The number of thiophene rings is 1. The van der Waals surface area contributed by atoms with Crippen LogP contribution in [0.2, 0.25) is 0 Å². The molecule has 3 rings (SSSR count). The number of methoxy groups -OCH3 is 1. The summed E-state index contributed by atoms with van der Waals surface area (Å²) in [6.07, 6.45) is 4.53. The van der Waals surface area contributed by atoms with Crippen molar-refractivity contribution in [3.8, 4) is 21.8 Å². The van der Waals surface area contributed by atoms with E-state index in [1.54, 1.807) is 24.6 Å². The lowest BCUT2D eigenvalue weighted by atomic mass is 10.1. The third-order valence-electron chi connectivity index (χ3n) is 3.29. The fraction of sp³-hybridized carbons (Fsp3) is 0.235. The SMILES string of the molecule is COCCCNc1ncc(-c2ccccn2)c(-c2cccs2)n1. The number of nitrogens with zero attached hydrogens (tertiary/aromatic N) is 3. The van der Waals surface area contributed by atoms with Gasteiger partial charge in [-0.3, -0.25) is 4.98 Å². The highest BCUT2D eigenvalue weighted by atomic mass is 32.1. The number of hydrogen-bond acceptors (Lipinski definition) is 6. The number of nitrogens with one attached hydrogen (secondary N) is 1. The maximum Gasteiger partial charge on any atom is 0.223 e. The standard InChI is InChI=1S/C17H18N4OS/c1-22-10-5-9-19-17-20-12-13(14-6-2-3-8-18-14)16(21-17)15-7-4-11-23-15/h2-4,6-8,11-12H,5,9-10H2,1H3,(H,19,20,21). The van der Waals surface area contributed by atoms with Crippen LogP contribution in [0.15, 0.2) is 48.1 Å². The zero-order valence-electron chi connectivity index (χ0n) is 12.9. The Bertz CT molecular complexity index is 732. The third-order valence-corrected chi connectivity index (χ3v) is 4.17. The monoisotopic (exact) mass is 326 g/mol. The van der Waals surface area contributed by atoms with Crippen molar-refractivity contribution in [3.05, 3.63) is 48.1 Å².